The van der Waals surface area contributed by atoms with Gasteiger partial charge in [-0.2, -0.15) is 0 Å². The minimum atomic E-state index is -0.656. The van der Waals surface area contributed by atoms with E-state index in [-0.39, 0.29) is 11.4 Å². The van der Waals surface area contributed by atoms with E-state index < -0.39 is 17.7 Å². The maximum absolute atomic E-state index is 13.2. The molecule has 0 aromatic heterocycles. The van der Waals surface area contributed by atoms with Crippen LogP contribution in [0.5, 0.6) is 5.75 Å². The predicted molar refractivity (Wildman–Crippen MR) is 129 cm³/mol. The predicted octanol–water partition coefficient (Wildman–Crippen LogP) is 3.40. The topological polar surface area (TPSA) is 79.3 Å². The summed E-state index contributed by atoms with van der Waals surface area (Å²) in [6.45, 7) is 4.41. The van der Waals surface area contributed by atoms with E-state index in [0.29, 0.717) is 25.5 Å². The number of hydrogen-bond acceptors (Lipinski definition) is 6. The van der Waals surface area contributed by atoms with Crippen LogP contribution in [0.2, 0.25) is 0 Å². The van der Waals surface area contributed by atoms with Gasteiger partial charge in [0, 0.05) is 26.2 Å². The molecule has 7 nitrogen and oxygen atoms in total. The van der Waals surface area contributed by atoms with Gasteiger partial charge in [-0.1, -0.05) is 48.5 Å². The number of methoxy groups -OCH3 is 1. The molecular weight excluding hydrogens is 432 g/mol. The summed E-state index contributed by atoms with van der Waals surface area (Å²) in [5, 5.41) is 10.8. The number of carbonyl (C=O) groups excluding carboxylic acids is 2. The number of morpholine rings is 1. The molecule has 0 radical (unpaired) electrons. The Hall–Kier alpha value is -3.42. The van der Waals surface area contributed by atoms with Crippen molar-refractivity contribution < 1.29 is 24.2 Å². The number of ether oxygens (including phenoxy) is 2. The van der Waals surface area contributed by atoms with Crippen molar-refractivity contribution in [2.24, 2.45) is 0 Å². The summed E-state index contributed by atoms with van der Waals surface area (Å²) in [6, 6.07) is 16.0. The summed E-state index contributed by atoms with van der Waals surface area (Å²) in [7, 11) is 1.58. The zero-order chi connectivity index (χ0) is 23.9. The lowest BCUT2D eigenvalue weighted by molar-refractivity contribution is -0.129. The molecule has 1 amide bonds. The maximum atomic E-state index is 13.2. The monoisotopic (exact) mass is 462 g/mol. The molecule has 1 saturated heterocycles. The first-order valence-electron chi connectivity index (χ1n) is 11.5. The molecule has 0 unspecified atom stereocenters. The quantitative estimate of drug-likeness (QED) is 0.576. The Morgan fingerprint density at radius 2 is 1.79 bits per heavy atom. The molecule has 1 atom stereocenters. The Morgan fingerprint density at radius 1 is 1.09 bits per heavy atom. The summed E-state index contributed by atoms with van der Waals surface area (Å²) in [5.74, 6) is -0.697. The van der Waals surface area contributed by atoms with Gasteiger partial charge in [-0.3, -0.25) is 14.5 Å². The van der Waals surface area contributed by atoms with Gasteiger partial charge in [0.1, 0.15) is 5.75 Å². The summed E-state index contributed by atoms with van der Waals surface area (Å²) in [4.78, 5) is 30.2. The highest BCUT2D eigenvalue weighted by atomic mass is 16.5. The Morgan fingerprint density at radius 3 is 2.47 bits per heavy atom. The third kappa shape index (κ3) is 5.38. The second kappa shape index (κ2) is 11.1. The zero-order valence-corrected chi connectivity index (χ0v) is 19.4. The van der Waals surface area contributed by atoms with Crippen molar-refractivity contribution >= 4 is 17.8 Å². The lowest BCUT2D eigenvalue weighted by Crippen LogP contribution is -2.39. The first kappa shape index (κ1) is 23.7. The molecule has 1 fully saturated rings. The summed E-state index contributed by atoms with van der Waals surface area (Å²) in [6.07, 6.45) is 3.84. The van der Waals surface area contributed by atoms with Gasteiger partial charge in [0.05, 0.1) is 31.9 Å². The number of benzene rings is 2. The minimum Gasteiger partial charge on any atom is -0.503 e. The molecule has 2 aliphatic rings. The fourth-order valence-corrected chi connectivity index (χ4v) is 4.38. The number of aliphatic hydroxyl groups is 1. The third-order valence-electron chi connectivity index (χ3n) is 6.20. The molecular formula is C27H30N2O5. The average molecular weight is 463 g/mol. The van der Waals surface area contributed by atoms with Crippen LogP contribution in [0, 0.1) is 0 Å². The van der Waals surface area contributed by atoms with E-state index in [1.54, 1.807) is 30.2 Å². The largest absolute Gasteiger partial charge is 0.503 e. The van der Waals surface area contributed by atoms with Gasteiger partial charge in [0.15, 0.2) is 11.5 Å². The number of hydrogen-bond donors (Lipinski definition) is 1. The smallest absolute Gasteiger partial charge is 0.290 e. The Bertz CT molecular complexity index is 1060. The fraction of sp³-hybridized carbons (Fsp3) is 0.333. The van der Waals surface area contributed by atoms with E-state index in [1.807, 2.05) is 42.5 Å². The Labute approximate surface area is 199 Å². The maximum Gasteiger partial charge on any atom is 0.290 e. The third-order valence-corrected chi connectivity index (χ3v) is 6.20. The second-order valence-corrected chi connectivity index (χ2v) is 8.35. The molecule has 0 saturated carbocycles. The number of rotatable bonds is 9. The second-order valence-electron chi connectivity index (χ2n) is 8.35. The number of allylic oxidation sites excluding steroid dienone is 1. The zero-order valence-electron chi connectivity index (χ0n) is 19.4. The molecule has 4 rings (SSSR count). The SMILES string of the molecule is COc1ccc([C@H]2C(C(=O)/C=C/c3ccccc3)=C(O)C(=O)N2CCCN2CCOCC2)cc1. The number of nitrogens with zero attached hydrogens (tertiary/aromatic N) is 2. The lowest BCUT2D eigenvalue weighted by Gasteiger charge is -2.30. The van der Waals surface area contributed by atoms with Crippen molar-refractivity contribution in [2.45, 2.75) is 12.5 Å². The molecule has 2 heterocycles. The van der Waals surface area contributed by atoms with Crippen LogP contribution < -0.4 is 4.74 Å². The van der Waals surface area contributed by atoms with Gasteiger partial charge >= 0.3 is 0 Å². The van der Waals surface area contributed by atoms with Crippen molar-refractivity contribution in [1.82, 2.24) is 9.80 Å². The van der Waals surface area contributed by atoms with Crippen molar-refractivity contribution in [3.8, 4) is 5.75 Å². The van der Waals surface area contributed by atoms with Crippen LogP contribution in [0.4, 0.5) is 0 Å². The van der Waals surface area contributed by atoms with Gasteiger partial charge in [-0.15, -0.1) is 0 Å². The van der Waals surface area contributed by atoms with Crippen molar-refractivity contribution in [2.75, 3.05) is 46.5 Å². The van der Waals surface area contributed by atoms with E-state index in [1.165, 1.54) is 6.08 Å². The van der Waals surface area contributed by atoms with Crippen LogP contribution >= 0.6 is 0 Å². The van der Waals surface area contributed by atoms with Crippen LogP contribution in [0.3, 0.4) is 0 Å². The summed E-state index contributed by atoms with van der Waals surface area (Å²) >= 11 is 0. The number of amides is 1. The molecule has 0 spiro atoms. The summed E-state index contributed by atoms with van der Waals surface area (Å²) in [5.41, 5.74) is 1.72. The van der Waals surface area contributed by atoms with Gasteiger partial charge < -0.3 is 19.5 Å². The molecule has 1 N–H and O–H groups in total. The number of ketones is 1. The highest BCUT2D eigenvalue weighted by molar-refractivity contribution is 6.14. The van der Waals surface area contributed by atoms with Crippen LogP contribution in [0.15, 0.2) is 72.0 Å². The van der Waals surface area contributed by atoms with Crippen LogP contribution in [0.25, 0.3) is 6.08 Å². The molecule has 2 aromatic carbocycles. The normalized spacial score (nSPS) is 19.3. The van der Waals surface area contributed by atoms with E-state index >= 15 is 0 Å². The summed E-state index contributed by atoms with van der Waals surface area (Å²) < 4.78 is 10.7. The van der Waals surface area contributed by atoms with E-state index in [0.717, 1.165) is 37.2 Å². The first-order chi connectivity index (χ1) is 16.6. The van der Waals surface area contributed by atoms with E-state index in [2.05, 4.69) is 4.90 Å². The standard InChI is InChI=1S/C27H30N2O5/c1-33-22-11-9-21(10-12-22)25-24(23(30)13-8-20-6-3-2-4-7-20)26(31)27(32)29(25)15-5-14-28-16-18-34-19-17-28/h2-4,6-13,25,31H,5,14-19H2,1H3/b13-8+/t25-/m0/s1. The average Bonchev–Trinajstić information content (AvgIpc) is 3.14. The van der Waals surface area contributed by atoms with Gasteiger partial charge in [-0.25, -0.2) is 0 Å². The molecule has 178 valence electrons. The molecule has 0 bridgehead atoms. The van der Waals surface area contributed by atoms with Crippen LogP contribution in [0.1, 0.15) is 23.6 Å². The minimum absolute atomic E-state index is 0.105. The molecule has 2 aliphatic heterocycles. The van der Waals surface area contributed by atoms with Gasteiger partial charge in [0.25, 0.3) is 5.91 Å². The van der Waals surface area contributed by atoms with Crippen molar-refractivity contribution in [3.63, 3.8) is 0 Å². The first-order valence-corrected chi connectivity index (χ1v) is 11.5. The highest BCUT2D eigenvalue weighted by Gasteiger charge is 2.42. The lowest BCUT2D eigenvalue weighted by atomic mass is 9.95. The van der Waals surface area contributed by atoms with Crippen LogP contribution in [-0.2, 0) is 14.3 Å². The Kier molecular flexibility index (Phi) is 7.77. The molecule has 7 heteroatoms. The van der Waals surface area contributed by atoms with Crippen LogP contribution in [-0.4, -0.2) is 73.1 Å². The number of carbonyl (C=O) groups is 2. The molecule has 34 heavy (non-hydrogen) atoms. The van der Waals surface area contributed by atoms with Gasteiger partial charge in [0.2, 0.25) is 0 Å². The van der Waals surface area contributed by atoms with E-state index in [4.69, 9.17) is 9.47 Å². The Balaban J connectivity index is 1.57. The fourth-order valence-electron chi connectivity index (χ4n) is 4.38. The molecule has 2 aromatic rings. The van der Waals surface area contributed by atoms with Gasteiger partial charge in [-0.05, 0) is 35.8 Å². The van der Waals surface area contributed by atoms with E-state index in [9.17, 15) is 14.7 Å². The van der Waals surface area contributed by atoms with Crippen molar-refractivity contribution in [1.29, 1.82) is 0 Å². The number of aliphatic hydroxyl groups excluding tert-OH is 1. The molecule has 0 aliphatic carbocycles. The highest BCUT2D eigenvalue weighted by Crippen LogP contribution is 2.38. The van der Waals surface area contributed by atoms with Crippen molar-refractivity contribution in [3.05, 3.63) is 83.1 Å².